The number of piperazine rings is 1. The van der Waals surface area contributed by atoms with Crippen molar-refractivity contribution in [1.29, 1.82) is 0 Å². The van der Waals surface area contributed by atoms with Crippen LogP contribution in [0.5, 0.6) is 0 Å². The van der Waals surface area contributed by atoms with Crippen LogP contribution in [0, 0.1) is 6.92 Å². The summed E-state index contributed by atoms with van der Waals surface area (Å²) >= 11 is 6.35. The minimum absolute atomic E-state index is 0.0120. The number of anilines is 3. The average molecular weight is 476 g/mol. The number of benzene rings is 2. The Morgan fingerprint density at radius 2 is 1.71 bits per heavy atom. The first-order valence-corrected chi connectivity index (χ1v) is 11.9. The zero-order valence-electron chi connectivity index (χ0n) is 19.4. The summed E-state index contributed by atoms with van der Waals surface area (Å²) in [5, 5.41) is 7.07. The van der Waals surface area contributed by atoms with Crippen molar-refractivity contribution in [3.63, 3.8) is 0 Å². The van der Waals surface area contributed by atoms with Gasteiger partial charge < -0.3 is 20.4 Å². The minimum Gasteiger partial charge on any atom is -0.368 e. The second kappa shape index (κ2) is 11.1. The predicted molar refractivity (Wildman–Crippen MR) is 140 cm³/mol. The highest BCUT2D eigenvalue weighted by atomic mass is 35.5. The molecular formula is C27H30ClN5O. The maximum Gasteiger partial charge on any atom is 0.224 e. The normalized spacial score (nSPS) is 13.5. The van der Waals surface area contributed by atoms with Gasteiger partial charge in [-0.3, -0.25) is 9.78 Å². The van der Waals surface area contributed by atoms with Crippen LogP contribution >= 0.6 is 11.6 Å². The Labute approximate surface area is 206 Å². The second-order valence-corrected chi connectivity index (χ2v) is 8.84. The number of aryl methyl sites for hydroxylation is 2. The van der Waals surface area contributed by atoms with Crippen molar-refractivity contribution in [2.24, 2.45) is 0 Å². The van der Waals surface area contributed by atoms with Crippen LogP contribution in [0.4, 0.5) is 17.1 Å². The van der Waals surface area contributed by atoms with Crippen molar-refractivity contribution in [2.75, 3.05) is 41.7 Å². The fourth-order valence-electron chi connectivity index (χ4n) is 4.03. The molecule has 1 aliphatic heterocycles. The highest BCUT2D eigenvalue weighted by molar-refractivity contribution is 6.33. The van der Waals surface area contributed by atoms with Crippen molar-refractivity contribution in [1.82, 2.24) is 9.88 Å². The molecular weight excluding hydrogens is 446 g/mol. The first kappa shape index (κ1) is 23.6. The van der Waals surface area contributed by atoms with Gasteiger partial charge in [-0.1, -0.05) is 30.3 Å². The first-order chi connectivity index (χ1) is 16.5. The lowest BCUT2D eigenvalue weighted by atomic mass is 10.1. The first-order valence-electron chi connectivity index (χ1n) is 11.5. The van der Waals surface area contributed by atoms with E-state index in [0.29, 0.717) is 17.9 Å². The van der Waals surface area contributed by atoms with Crippen LogP contribution in [0.2, 0.25) is 5.02 Å². The molecule has 0 bridgehead atoms. The Kier molecular flexibility index (Phi) is 7.70. The summed E-state index contributed by atoms with van der Waals surface area (Å²) in [7, 11) is 0. The van der Waals surface area contributed by atoms with Gasteiger partial charge in [0.1, 0.15) is 0 Å². The molecule has 2 N–H and O–H groups in total. The molecule has 176 valence electrons. The maximum atomic E-state index is 12.3. The molecule has 3 aromatic rings. The number of aromatic nitrogens is 1. The number of hydrogen-bond acceptors (Lipinski definition) is 5. The van der Waals surface area contributed by atoms with E-state index >= 15 is 0 Å². The minimum atomic E-state index is 0.0120. The number of pyridine rings is 1. The molecule has 0 saturated carbocycles. The van der Waals surface area contributed by atoms with Crippen LogP contribution in [-0.2, 0) is 11.2 Å². The van der Waals surface area contributed by atoms with Gasteiger partial charge in [0.2, 0.25) is 5.91 Å². The molecule has 6 nitrogen and oxygen atoms in total. The van der Waals surface area contributed by atoms with Crippen molar-refractivity contribution in [3.8, 4) is 0 Å². The Hall–Kier alpha value is -3.51. The number of para-hydroxylation sites is 1. The van der Waals surface area contributed by atoms with Gasteiger partial charge in [0.25, 0.3) is 0 Å². The molecule has 2 heterocycles. The standard InChI is InChI=1S/C27H30ClN5O/c1-20-4-3-5-25(28)27(20)30-21(2)32-16-18-33(19-17-32)24-9-7-23(8-10-24)31-26(34)11-6-22-12-14-29-15-13-22/h3-5,7-10,12-15,30H,2,6,11,16-19H2,1H3,(H,31,34). The molecule has 0 aliphatic carbocycles. The average Bonchev–Trinajstić information content (AvgIpc) is 2.86. The number of rotatable bonds is 8. The van der Waals surface area contributed by atoms with E-state index in [2.05, 4.69) is 44.1 Å². The maximum absolute atomic E-state index is 12.3. The lowest BCUT2D eigenvalue weighted by Gasteiger charge is -2.38. The largest absolute Gasteiger partial charge is 0.368 e. The number of nitrogens with zero attached hydrogens (tertiary/aromatic N) is 3. The lowest BCUT2D eigenvalue weighted by Crippen LogP contribution is -2.46. The third-order valence-corrected chi connectivity index (χ3v) is 6.37. The lowest BCUT2D eigenvalue weighted by molar-refractivity contribution is -0.116. The molecule has 1 amide bonds. The predicted octanol–water partition coefficient (Wildman–Crippen LogP) is 5.32. The molecule has 2 aromatic carbocycles. The van der Waals surface area contributed by atoms with E-state index in [1.807, 2.05) is 49.4 Å². The van der Waals surface area contributed by atoms with E-state index in [1.54, 1.807) is 12.4 Å². The second-order valence-electron chi connectivity index (χ2n) is 8.43. The van der Waals surface area contributed by atoms with Crippen LogP contribution in [0.3, 0.4) is 0 Å². The summed E-state index contributed by atoms with van der Waals surface area (Å²) in [6, 6.07) is 17.8. The quantitative estimate of drug-likeness (QED) is 0.461. The van der Waals surface area contributed by atoms with Crippen molar-refractivity contribution < 1.29 is 4.79 Å². The Morgan fingerprint density at radius 3 is 2.38 bits per heavy atom. The summed E-state index contributed by atoms with van der Waals surface area (Å²) in [6.07, 6.45) is 4.64. The van der Waals surface area contributed by atoms with Gasteiger partial charge in [-0.05, 0) is 66.9 Å². The molecule has 1 aliphatic rings. The number of carbonyl (C=O) groups excluding carboxylic acids is 1. The molecule has 1 fully saturated rings. The van der Waals surface area contributed by atoms with Gasteiger partial charge in [0.15, 0.2) is 0 Å². The molecule has 4 rings (SSSR count). The van der Waals surface area contributed by atoms with Gasteiger partial charge >= 0.3 is 0 Å². The third kappa shape index (κ3) is 6.08. The van der Waals surface area contributed by atoms with E-state index in [0.717, 1.165) is 60.2 Å². The summed E-state index contributed by atoms with van der Waals surface area (Å²) in [6.45, 7) is 9.76. The van der Waals surface area contributed by atoms with E-state index < -0.39 is 0 Å². The summed E-state index contributed by atoms with van der Waals surface area (Å²) in [4.78, 5) is 20.9. The summed E-state index contributed by atoms with van der Waals surface area (Å²) < 4.78 is 0. The monoisotopic (exact) mass is 475 g/mol. The van der Waals surface area contributed by atoms with Gasteiger partial charge in [0, 0.05) is 56.4 Å². The van der Waals surface area contributed by atoms with Crippen molar-refractivity contribution >= 4 is 34.6 Å². The molecule has 7 heteroatoms. The van der Waals surface area contributed by atoms with Gasteiger partial charge in [0.05, 0.1) is 16.5 Å². The van der Waals surface area contributed by atoms with E-state index in [-0.39, 0.29) is 5.91 Å². The van der Waals surface area contributed by atoms with Crippen LogP contribution in [0.1, 0.15) is 17.5 Å². The summed E-state index contributed by atoms with van der Waals surface area (Å²) in [5.41, 5.74) is 5.08. The van der Waals surface area contributed by atoms with E-state index in [4.69, 9.17) is 11.6 Å². The van der Waals surface area contributed by atoms with Gasteiger partial charge in [-0.15, -0.1) is 0 Å². The molecule has 34 heavy (non-hydrogen) atoms. The number of carbonyl (C=O) groups is 1. The molecule has 0 unspecified atom stereocenters. The topological polar surface area (TPSA) is 60.5 Å². The van der Waals surface area contributed by atoms with Gasteiger partial charge in [-0.25, -0.2) is 0 Å². The molecule has 0 atom stereocenters. The van der Waals surface area contributed by atoms with Gasteiger partial charge in [-0.2, -0.15) is 0 Å². The Balaban J connectivity index is 1.25. The van der Waals surface area contributed by atoms with Crippen molar-refractivity contribution in [2.45, 2.75) is 19.8 Å². The summed E-state index contributed by atoms with van der Waals surface area (Å²) in [5.74, 6) is 0.874. The van der Waals surface area contributed by atoms with Crippen LogP contribution in [0.25, 0.3) is 0 Å². The van der Waals surface area contributed by atoms with Crippen LogP contribution in [-0.4, -0.2) is 42.0 Å². The highest BCUT2D eigenvalue weighted by Gasteiger charge is 2.19. The highest BCUT2D eigenvalue weighted by Crippen LogP contribution is 2.27. The Bertz CT molecular complexity index is 1110. The zero-order chi connectivity index (χ0) is 23.9. The smallest absolute Gasteiger partial charge is 0.224 e. The van der Waals surface area contributed by atoms with Crippen LogP contribution in [0.15, 0.2) is 79.4 Å². The fraction of sp³-hybridized carbons (Fsp3) is 0.259. The zero-order valence-corrected chi connectivity index (χ0v) is 20.2. The number of amides is 1. The number of hydrogen-bond donors (Lipinski definition) is 2. The van der Waals surface area contributed by atoms with Crippen molar-refractivity contribution in [3.05, 3.63) is 95.5 Å². The van der Waals surface area contributed by atoms with E-state index in [1.165, 1.54) is 0 Å². The fourth-order valence-corrected chi connectivity index (χ4v) is 4.30. The molecule has 1 aromatic heterocycles. The SMILES string of the molecule is C=C(Nc1c(C)cccc1Cl)N1CCN(c2ccc(NC(=O)CCc3ccncc3)cc2)CC1. The number of halogens is 1. The molecule has 0 spiro atoms. The van der Waals surface area contributed by atoms with E-state index in [9.17, 15) is 4.79 Å². The van der Waals surface area contributed by atoms with Crippen LogP contribution < -0.4 is 15.5 Å². The molecule has 1 saturated heterocycles. The number of nitrogens with one attached hydrogen (secondary N) is 2. The molecule has 0 radical (unpaired) electrons. The third-order valence-electron chi connectivity index (χ3n) is 6.06. The Morgan fingerprint density at radius 1 is 1.00 bits per heavy atom.